The lowest BCUT2D eigenvalue weighted by Gasteiger charge is -2.19. The van der Waals surface area contributed by atoms with Gasteiger partial charge in [0.05, 0.1) is 5.69 Å². The van der Waals surface area contributed by atoms with Crippen LogP contribution >= 0.6 is 0 Å². The molecule has 8 heteroatoms. The Bertz CT molecular complexity index is 791. The molecule has 2 heterocycles. The summed E-state index contributed by atoms with van der Waals surface area (Å²) in [4.78, 5) is 20.4. The van der Waals surface area contributed by atoms with Crippen molar-refractivity contribution >= 4 is 17.7 Å². The third kappa shape index (κ3) is 6.80. The molecule has 0 aliphatic carbocycles. The highest BCUT2D eigenvalue weighted by atomic mass is 16.6. The molecule has 2 rings (SSSR count). The number of amides is 1. The van der Waals surface area contributed by atoms with E-state index in [0.717, 1.165) is 23.3 Å². The van der Waals surface area contributed by atoms with Crippen LogP contribution in [0.5, 0.6) is 0 Å². The summed E-state index contributed by atoms with van der Waals surface area (Å²) in [5, 5.41) is 9.10. The van der Waals surface area contributed by atoms with Crippen LogP contribution in [0.4, 0.5) is 4.79 Å². The molecule has 0 saturated carbocycles. The number of fused-ring (bicyclic) bond motifs is 1. The molecule has 0 aliphatic heterocycles. The molecule has 0 aromatic carbocycles. The summed E-state index contributed by atoms with van der Waals surface area (Å²) in [6.45, 7) is 9.26. The fourth-order valence-electron chi connectivity index (χ4n) is 2.51. The predicted molar refractivity (Wildman–Crippen MR) is 107 cm³/mol. The molecule has 0 fully saturated rings. The minimum absolute atomic E-state index is 0.422. The van der Waals surface area contributed by atoms with Gasteiger partial charge in [0.25, 0.3) is 0 Å². The molecule has 1 amide bonds. The summed E-state index contributed by atoms with van der Waals surface area (Å²) in [5.41, 5.74) is 2.68. The van der Waals surface area contributed by atoms with Crippen LogP contribution in [0, 0.1) is 6.92 Å². The van der Waals surface area contributed by atoms with Crippen LogP contribution in [-0.4, -0.2) is 53.7 Å². The number of pyridine rings is 1. The normalized spacial score (nSPS) is 12.1. The van der Waals surface area contributed by atoms with Crippen molar-refractivity contribution in [2.24, 2.45) is 4.99 Å². The molecule has 0 unspecified atom stereocenters. The fraction of sp³-hybridized carbons (Fsp3) is 0.526. The maximum Gasteiger partial charge on any atom is 0.407 e. The third-order valence-corrected chi connectivity index (χ3v) is 3.71. The standard InChI is InChI=1S/C19H30N6O2/c1-14-7-6-12-25-13-15(24-16(14)25)8-9-21-17(20-5)22-10-11-23-18(26)27-19(2,3)4/h6-7,12-13H,8-11H2,1-5H3,(H,23,26)(H2,20,21,22). The van der Waals surface area contributed by atoms with Crippen LogP contribution in [0.3, 0.4) is 0 Å². The summed E-state index contributed by atoms with van der Waals surface area (Å²) in [5.74, 6) is 0.681. The molecule has 0 spiro atoms. The Labute approximate surface area is 160 Å². The summed E-state index contributed by atoms with van der Waals surface area (Å²) in [6, 6.07) is 4.07. The quantitative estimate of drug-likeness (QED) is 0.408. The Balaban J connectivity index is 1.69. The van der Waals surface area contributed by atoms with E-state index >= 15 is 0 Å². The van der Waals surface area contributed by atoms with Gasteiger partial charge in [-0.15, -0.1) is 0 Å². The van der Waals surface area contributed by atoms with Gasteiger partial charge in [0.15, 0.2) is 5.96 Å². The Kier molecular flexibility index (Phi) is 7.04. The first kappa shape index (κ1) is 20.5. The second-order valence-electron chi connectivity index (χ2n) is 7.26. The molecule has 0 saturated heterocycles. The minimum Gasteiger partial charge on any atom is -0.444 e. The van der Waals surface area contributed by atoms with Gasteiger partial charge in [0.2, 0.25) is 0 Å². The van der Waals surface area contributed by atoms with Gasteiger partial charge in [0.1, 0.15) is 11.2 Å². The van der Waals surface area contributed by atoms with Gasteiger partial charge in [-0.05, 0) is 39.3 Å². The molecule has 27 heavy (non-hydrogen) atoms. The van der Waals surface area contributed by atoms with Crippen LogP contribution < -0.4 is 16.0 Å². The molecular formula is C19H30N6O2. The van der Waals surface area contributed by atoms with Crippen molar-refractivity contribution in [2.45, 2.75) is 39.7 Å². The third-order valence-electron chi connectivity index (χ3n) is 3.71. The van der Waals surface area contributed by atoms with Gasteiger partial charge in [0, 0.05) is 45.5 Å². The van der Waals surface area contributed by atoms with Crippen molar-refractivity contribution in [1.29, 1.82) is 0 Å². The van der Waals surface area contributed by atoms with Crippen LogP contribution in [-0.2, 0) is 11.2 Å². The van der Waals surface area contributed by atoms with Gasteiger partial charge in [-0.25, -0.2) is 9.78 Å². The first-order chi connectivity index (χ1) is 12.8. The number of alkyl carbamates (subject to hydrolysis) is 1. The Morgan fingerprint density at radius 1 is 1.22 bits per heavy atom. The van der Waals surface area contributed by atoms with E-state index < -0.39 is 11.7 Å². The number of carbonyl (C=O) groups is 1. The zero-order valence-corrected chi connectivity index (χ0v) is 16.8. The topological polar surface area (TPSA) is 92.0 Å². The molecule has 0 bridgehead atoms. The summed E-state index contributed by atoms with van der Waals surface area (Å²) < 4.78 is 7.23. The lowest BCUT2D eigenvalue weighted by molar-refractivity contribution is 0.0529. The highest BCUT2D eigenvalue weighted by molar-refractivity contribution is 5.79. The van der Waals surface area contributed by atoms with Crippen molar-refractivity contribution in [3.63, 3.8) is 0 Å². The number of nitrogens with zero attached hydrogens (tertiary/aromatic N) is 3. The number of rotatable bonds is 6. The number of guanidine groups is 1. The predicted octanol–water partition coefficient (Wildman–Crippen LogP) is 1.87. The van der Waals surface area contributed by atoms with E-state index in [2.05, 4.69) is 38.9 Å². The number of nitrogens with one attached hydrogen (secondary N) is 3. The van der Waals surface area contributed by atoms with Crippen LogP contribution in [0.1, 0.15) is 32.0 Å². The van der Waals surface area contributed by atoms with Crippen molar-refractivity contribution in [2.75, 3.05) is 26.7 Å². The van der Waals surface area contributed by atoms with Crippen molar-refractivity contribution < 1.29 is 9.53 Å². The number of aryl methyl sites for hydroxylation is 1. The number of imidazole rings is 1. The SMILES string of the molecule is CN=C(NCCNC(=O)OC(C)(C)C)NCCc1cn2cccc(C)c2n1. The van der Waals surface area contributed by atoms with E-state index in [9.17, 15) is 4.79 Å². The van der Waals surface area contributed by atoms with E-state index in [1.165, 1.54) is 0 Å². The average molecular weight is 374 g/mol. The average Bonchev–Trinajstić information content (AvgIpc) is 3.00. The van der Waals surface area contributed by atoms with E-state index in [-0.39, 0.29) is 0 Å². The first-order valence-electron chi connectivity index (χ1n) is 9.13. The van der Waals surface area contributed by atoms with E-state index in [4.69, 9.17) is 4.74 Å². The first-order valence-corrected chi connectivity index (χ1v) is 9.13. The lowest BCUT2D eigenvalue weighted by Crippen LogP contribution is -2.43. The van der Waals surface area contributed by atoms with E-state index in [0.29, 0.717) is 25.6 Å². The molecule has 0 atom stereocenters. The van der Waals surface area contributed by atoms with Crippen LogP contribution in [0.25, 0.3) is 5.65 Å². The zero-order chi connectivity index (χ0) is 19.9. The zero-order valence-electron chi connectivity index (χ0n) is 16.8. The second kappa shape index (κ2) is 9.25. The molecule has 0 aliphatic rings. The maximum atomic E-state index is 11.6. The number of hydrogen-bond acceptors (Lipinski definition) is 4. The monoisotopic (exact) mass is 374 g/mol. The lowest BCUT2D eigenvalue weighted by atomic mass is 10.2. The van der Waals surface area contributed by atoms with Crippen LogP contribution in [0.2, 0.25) is 0 Å². The van der Waals surface area contributed by atoms with E-state index in [1.807, 2.05) is 43.6 Å². The number of ether oxygens (including phenoxy) is 1. The molecule has 3 N–H and O–H groups in total. The highest BCUT2D eigenvalue weighted by Crippen LogP contribution is 2.10. The Hall–Kier alpha value is -2.77. The summed E-state index contributed by atoms with van der Waals surface area (Å²) >= 11 is 0. The fourth-order valence-corrected chi connectivity index (χ4v) is 2.51. The maximum absolute atomic E-state index is 11.6. The summed E-state index contributed by atoms with van der Waals surface area (Å²) in [7, 11) is 1.71. The minimum atomic E-state index is -0.494. The summed E-state index contributed by atoms with van der Waals surface area (Å²) in [6.07, 6.45) is 4.42. The molecule has 0 radical (unpaired) electrons. The Morgan fingerprint density at radius 3 is 2.59 bits per heavy atom. The highest BCUT2D eigenvalue weighted by Gasteiger charge is 2.15. The Morgan fingerprint density at radius 2 is 1.93 bits per heavy atom. The van der Waals surface area contributed by atoms with Gasteiger partial charge < -0.3 is 25.1 Å². The van der Waals surface area contributed by atoms with Gasteiger partial charge in [-0.3, -0.25) is 4.99 Å². The van der Waals surface area contributed by atoms with Gasteiger partial charge in [-0.2, -0.15) is 0 Å². The largest absolute Gasteiger partial charge is 0.444 e. The number of hydrogen-bond donors (Lipinski definition) is 3. The molecule has 8 nitrogen and oxygen atoms in total. The van der Waals surface area contributed by atoms with Crippen molar-refractivity contribution in [3.8, 4) is 0 Å². The smallest absolute Gasteiger partial charge is 0.407 e. The number of aliphatic imine (C=N–C) groups is 1. The molecular weight excluding hydrogens is 344 g/mol. The molecule has 2 aromatic rings. The van der Waals surface area contributed by atoms with Gasteiger partial charge >= 0.3 is 6.09 Å². The second-order valence-corrected chi connectivity index (χ2v) is 7.26. The number of aromatic nitrogens is 2. The molecule has 148 valence electrons. The van der Waals surface area contributed by atoms with Crippen molar-refractivity contribution in [3.05, 3.63) is 35.8 Å². The van der Waals surface area contributed by atoms with Gasteiger partial charge in [-0.1, -0.05) is 6.07 Å². The van der Waals surface area contributed by atoms with Crippen LogP contribution in [0.15, 0.2) is 29.5 Å². The van der Waals surface area contributed by atoms with Crippen molar-refractivity contribution in [1.82, 2.24) is 25.3 Å². The molecule has 2 aromatic heterocycles. The van der Waals surface area contributed by atoms with E-state index in [1.54, 1.807) is 7.05 Å². The number of carbonyl (C=O) groups excluding carboxylic acids is 1.